The molecule has 8 nitrogen and oxygen atoms in total. The van der Waals surface area contributed by atoms with Gasteiger partial charge in [0.15, 0.2) is 0 Å². The van der Waals surface area contributed by atoms with Crippen LogP contribution in [0.1, 0.15) is 44.6 Å². The van der Waals surface area contributed by atoms with E-state index in [4.69, 9.17) is 16.3 Å². The van der Waals surface area contributed by atoms with Crippen LogP contribution in [0.5, 0.6) is 5.75 Å². The maximum Gasteiger partial charge on any atom is 0.264 e. The number of sulfonamides is 1. The van der Waals surface area contributed by atoms with Gasteiger partial charge in [-0.2, -0.15) is 0 Å². The van der Waals surface area contributed by atoms with Crippen molar-refractivity contribution in [3.8, 4) is 5.75 Å². The molecule has 0 radical (unpaired) electrons. The van der Waals surface area contributed by atoms with Crippen LogP contribution in [0.3, 0.4) is 0 Å². The van der Waals surface area contributed by atoms with Gasteiger partial charge in [-0.25, -0.2) is 8.42 Å². The Morgan fingerprint density at radius 1 is 1.00 bits per heavy atom. The summed E-state index contributed by atoms with van der Waals surface area (Å²) in [6.07, 6.45) is 4.87. The molecule has 224 valence electrons. The topological polar surface area (TPSA) is 96.0 Å². The van der Waals surface area contributed by atoms with Crippen molar-refractivity contribution in [3.05, 3.63) is 89.4 Å². The second kappa shape index (κ2) is 14.6. The molecule has 0 bridgehead atoms. The molecule has 0 aromatic heterocycles. The molecule has 3 aromatic carbocycles. The van der Waals surface area contributed by atoms with E-state index < -0.39 is 28.5 Å². The Hall–Kier alpha value is -3.56. The van der Waals surface area contributed by atoms with Crippen LogP contribution in [-0.4, -0.2) is 57.4 Å². The molecule has 1 N–H and O–H groups in total. The number of hydrogen-bond acceptors (Lipinski definition) is 5. The van der Waals surface area contributed by atoms with Crippen molar-refractivity contribution < 1.29 is 22.7 Å². The summed E-state index contributed by atoms with van der Waals surface area (Å²) < 4.78 is 34.2. The predicted octanol–water partition coefficient (Wildman–Crippen LogP) is 5.45. The van der Waals surface area contributed by atoms with Gasteiger partial charge in [-0.1, -0.05) is 79.9 Å². The molecule has 0 aliphatic heterocycles. The van der Waals surface area contributed by atoms with Gasteiger partial charge in [0.25, 0.3) is 10.0 Å². The Bertz CT molecular complexity index is 1450. The monoisotopic (exact) mass is 611 g/mol. The van der Waals surface area contributed by atoms with E-state index in [-0.39, 0.29) is 34.1 Å². The number of benzene rings is 3. The predicted molar refractivity (Wildman–Crippen MR) is 165 cm³/mol. The highest BCUT2D eigenvalue weighted by atomic mass is 35.5. The summed E-state index contributed by atoms with van der Waals surface area (Å²) in [4.78, 5) is 29.2. The van der Waals surface area contributed by atoms with Gasteiger partial charge in [0.05, 0.1) is 22.7 Å². The maximum absolute atomic E-state index is 14.2. The van der Waals surface area contributed by atoms with Crippen LogP contribution in [0.15, 0.2) is 83.8 Å². The lowest BCUT2D eigenvalue weighted by Crippen LogP contribution is -2.54. The lowest BCUT2D eigenvalue weighted by molar-refractivity contribution is -0.139. The number of nitrogens with zero attached hydrogens (tertiary/aromatic N) is 2. The van der Waals surface area contributed by atoms with Gasteiger partial charge in [-0.15, -0.1) is 0 Å². The lowest BCUT2D eigenvalue weighted by atomic mass is 10.1. The molecular weight excluding hydrogens is 574 g/mol. The summed E-state index contributed by atoms with van der Waals surface area (Å²) in [6.45, 7) is 1.60. The normalized spacial score (nSPS) is 14.3. The Morgan fingerprint density at radius 3 is 2.24 bits per heavy atom. The highest BCUT2D eigenvalue weighted by Crippen LogP contribution is 2.32. The number of methoxy groups -OCH3 is 1. The number of hydrogen-bond donors (Lipinski definition) is 1. The standard InChI is InChI=1S/C32H38ClN3O5S/c1-3-29(32(38)34-25-14-10-11-15-25)35(21-20-24-12-6-4-7-13-24)31(37)23-36(26-18-19-30(41-2)28(33)22-26)42(39,40)27-16-8-5-9-17-27/h4-9,12-13,16-19,22,25,29H,3,10-11,14-15,20-21,23H2,1-2H3,(H,34,38)/t29-/m1/s1. The van der Waals surface area contributed by atoms with Gasteiger partial charge in [0, 0.05) is 12.6 Å². The van der Waals surface area contributed by atoms with Crippen molar-refractivity contribution in [2.24, 2.45) is 0 Å². The van der Waals surface area contributed by atoms with E-state index in [2.05, 4.69) is 5.32 Å². The number of carbonyl (C=O) groups excluding carboxylic acids is 2. The number of rotatable bonds is 13. The average Bonchev–Trinajstić information content (AvgIpc) is 3.51. The van der Waals surface area contributed by atoms with Crippen molar-refractivity contribution in [1.29, 1.82) is 0 Å². The van der Waals surface area contributed by atoms with E-state index in [0.29, 0.717) is 18.6 Å². The van der Waals surface area contributed by atoms with E-state index in [1.165, 1.54) is 30.2 Å². The second-order valence-electron chi connectivity index (χ2n) is 10.4. The molecule has 10 heteroatoms. The smallest absolute Gasteiger partial charge is 0.264 e. The third kappa shape index (κ3) is 7.63. The molecule has 3 aromatic rings. The number of carbonyl (C=O) groups is 2. The molecule has 0 heterocycles. The first kappa shape index (κ1) is 31.4. The SMILES string of the molecule is CC[C@H](C(=O)NC1CCCC1)N(CCc1ccccc1)C(=O)CN(c1ccc(OC)c(Cl)c1)S(=O)(=O)c1ccccc1. The Morgan fingerprint density at radius 2 is 1.64 bits per heavy atom. The van der Waals surface area contributed by atoms with Crippen LogP contribution in [-0.2, 0) is 26.0 Å². The third-order valence-corrected chi connectivity index (χ3v) is 9.69. The number of anilines is 1. The molecule has 4 rings (SSSR count). The van der Waals surface area contributed by atoms with Crippen LogP contribution < -0.4 is 14.4 Å². The third-order valence-electron chi connectivity index (χ3n) is 7.61. The average molecular weight is 612 g/mol. The quantitative estimate of drug-likeness (QED) is 0.277. The molecule has 1 atom stereocenters. The summed E-state index contributed by atoms with van der Waals surface area (Å²) in [5.41, 5.74) is 1.22. The van der Waals surface area contributed by atoms with Crippen LogP contribution in [0, 0.1) is 0 Å². The highest BCUT2D eigenvalue weighted by Gasteiger charge is 2.34. The van der Waals surface area contributed by atoms with Gasteiger partial charge in [0.2, 0.25) is 11.8 Å². The first-order valence-corrected chi connectivity index (χ1v) is 16.1. The van der Waals surface area contributed by atoms with Crippen molar-refractivity contribution in [2.45, 2.75) is 62.4 Å². The Labute approximate surface area is 253 Å². The van der Waals surface area contributed by atoms with E-state index in [9.17, 15) is 18.0 Å². The Balaban J connectivity index is 1.69. The minimum Gasteiger partial charge on any atom is -0.495 e. The van der Waals surface area contributed by atoms with Crippen LogP contribution in [0.25, 0.3) is 0 Å². The number of nitrogens with one attached hydrogen (secondary N) is 1. The summed E-state index contributed by atoms with van der Waals surface area (Å²) >= 11 is 6.39. The van der Waals surface area contributed by atoms with Crippen LogP contribution >= 0.6 is 11.6 Å². The van der Waals surface area contributed by atoms with Gasteiger partial charge in [0.1, 0.15) is 18.3 Å². The molecule has 42 heavy (non-hydrogen) atoms. The highest BCUT2D eigenvalue weighted by molar-refractivity contribution is 7.92. The molecular formula is C32H38ClN3O5S. The molecule has 2 amide bonds. The first-order chi connectivity index (χ1) is 20.2. The zero-order valence-electron chi connectivity index (χ0n) is 24.0. The fourth-order valence-electron chi connectivity index (χ4n) is 5.32. The summed E-state index contributed by atoms with van der Waals surface area (Å²) in [5, 5.41) is 3.34. The van der Waals surface area contributed by atoms with Gasteiger partial charge >= 0.3 is 0 Å². The summed E-state index contributed by atoms with van der Waals surface area (Å²) in [6, 6.07) is 21.6. The van der Waals surface area contributed by atoms with Gasteiger partial charge in [-0.3, -0.25) is 13.9 Å². The molecule has 1 saturated carbocycles. The molecule has 0 spiro atoms. The summed E-state index contributed by atoms with van der Waals surface area (Å²) in [5.74, 6) is -0.315. The maximum atomic E-state index is 14.2. The lowest BCUT2D eigenvalue weighted by Gasteiger charge is -2.33. The Kier molecular flexibility index (Phi) is 10.9. The van der Waals surface area contributed by atoms with Gasteiger partial charge < -0.3 is 15.0 Å². The van der Waals surface area contributed by atoms with E-state index in [1.807, 2.05) is 37.3 Å². The largest absolute Gasteiger partial charge is 0.495 e. The summed E-state index contributed by atoms with van der Waals surface area (Å²) in [7, 11) is -2.70. The van der Waals surface area contributed by atoms with Crippen molar-refractivity contribution in [3.63, 3.8) is 0 Å². The van der Waals surface area contributed by atoms with Crippen LogP contribution in [0.2, 0.25) is 5.02 Å². The molecule has 1 fully saturated rings. The van der Waals surface area contributed by atoms with Crippen molar-refractivity contribution in [1.82, 2.24) is 10.2 Å². The molecule has 0 saturated heterocycles. The fourth-order valence-corrected chi connectivity index (χ4v) is 7.00. The molecule has 1 aliphatic carbocycles. The number of ether oxygens (including phenoxy) is 1. The van der Waals surface area contributed by atoms with E-state index in [1.54, 1.807) is 30.3 Å². The first-order valence-electron chi connectivity index (χ1n) is 14.3. The second-order valence-corrected chi connectivity index (χ2v) is 12.6. The van der Waals surface area contributed by atoms with E-state index >= 15 is 0 Å². The van der Waals surface area contributed by atoms with Gasteiger partial charge in [-0.05, 0) is 61.6 Å². The van der Waals surface area contributed by atoms with Crippen molar-refractivity contribution >= 4 is 39.1 Å². The zero-order valence-corrected chi connectivity index (χ0v) is 25.6. The van der Waals surface area contributed by atoms with E-state index in [0.717, 1.165) is 35.6 Å². The number of halogens is 1. The minimum absolute atomic E-state index is 0.0339. The number of amides is 2. The van der Waals surface area contributed by atoms with Crippen molar-refractivity contribution in [2.75, 3.05) is 24.5 Å². The minimum atomic E-state index is -4.17. The molecule has 0 unspecified atom stereocenters. The van der Waals surface area contributed by atoms with Crippen LogP contribution in [0.4, 0.5) is 5.69 Å². The molecule has 1 aliphatic rings. The zero-order chi connectivity index (χ0) is 30.1. The fraction of sp³-hybridized carbons (Fsp3) is 0.375.